The molecular weight excluding hydrogens is 898 g/mol. The number of amides is 3. The van der Waals surface area contributed by atoms with Gasteiger partial charge in [-0.25, -0.2) is 9.59 Å². The Morgan fingerprint density at radius 1 is 0.591 bits per heavy atom. The van der Waals surface area contributed by atoms with Crippen molar-refractivity contribution in [2.24, 2.45) is 0 Å². The predicted molar refractivity (Wildman–Crippen MR) is 206 cm³/mol. The van der Waals surface area contributed by atoms with Crippen molar-refractivity contribution in [1.29, 1.82) is 0 Å². The molecule has 28 nitrogen and oxygen atoms in total. The SMILES string of the molecule is CC(=O)NC1C(OC2C(C(=O)O)OC(OC3C(CO)OC(OC4C(C(=O)O)OC(OCCNC(=O)c5ccc(C=O)cc5)C(O)C4O)C(NC(C)=O)C3O)C(O)C2O)OC(CO)C(O)C1O. The van der Waals surface area contributed by atoms with E-state index in [1.54, 1.807) is 0 Å². The molecule has 0 aliphatic carbocycles. The Kier molecular flexibility index (Phi) is 18.3. The quantitative estimate of drug-likeness (QED) is 0.0480. The molecule has 14 N–H and O–H groups in total. The fourth-order valence-electron chi connectivity index (χ4n) is 7.57. The number of carbonyl (C=O) groups excluding carboxylic acids is 4. The third-order valence-corrected chi connectivity index (χ3v) is 10.9. The maximum Gasteiger partial charge on any atom is 0.335 e. The van der Waals surface area contributed by atoms with Crippen LogP contribution in [-0.2, 0) is 57.1 Å². The van der Waals surface area contributed by atoms with Gasteiger partial charge in [0.25, 0.3) is 5.91 Å². The molecule has 28 heteroatoms. The summed E-state index contributed by atoms with van der Waals surface area (Å²) in [6.07, 6.45) is -35.6. The molecule has 0 spiro atoms. The summed E-state index contributed by atoms with van der Waals surface area (Å²) in [5.74, 6) is -5.82. The third kappa shape index (κ3) is 12.0. The number of nitrogens with one attached hydrogen (secondary N) is 3. The highest BCUT2D eigenvalue weighted by Gasteiger charge is 2.57. The molecule has 3 amide bonds. The second-order valence-corrected chi connectivity index (χ2v) is 15.5. The van der Waals surface area contributed by atoms with Crippen LogP contribution in [0.2, 0.25) is 0 Å². The molecule has 0 aromatic heterocycles. The summed E-state index contributed by atoms with van der Waals surface area (Å²) in [7, 11) is 0. The van der Waals surface area contributed by atoms with Crippen LogP contribution < -0.4 is 16.0 Å². The van der Waals surface area contributed by atoms with Gasteiger partial charge in [0.15, 0.2) is 37.4 Å². The van der Waals surface area contributed by atoms with Gasteiger partial charge in [-0.3, -0.25) is 19.2 Å². The Hall–Kier alpha value is -4.44. The van der Waals surface area contributed by atoms with Gasteiger partial charge < -0.3 is 110 Å². The van der Waals surface area contributed by atoms with Gasteiger partial charge in [0.1, 0.15) is 91.6 Å². The summed E-state index contributed by atoms with van der Waals surface area (Å²) in [6, 6.07) is 2.19. The molecule has 1 aromatic rings. The lowest BCUT2D eigenvalue weighted by atomic mass is 9.94. The van der Waals surface area contributed by atoms with Crippen LogP contribution in [0, 0.1) is 0 Å². The van der Waals surface area contributed by atoms with E-state index in [-0.39, 0.29) is 18.7 Å². The zero-order valence-corrected chi connectivity index (χ0v) is 34.9. The van der Waals surface area contributed by atoms with E-state index in [1.165, 1.54) is 24.3 Å². The van der Waals surface area contributed by atoms with Crippen molar-refractivity contribution in [3.05, 3.63) is 35.4 Å². The second-order valence-electron chi connectivity index (χ2n) is 15.5. The van der Waals surface area contributed by atoms with Crippen molar-refractivity contribution in [1.82, 2.24) is 16.0 Å². The first kappa shape index (κ1) is 52.5. The predicted octanol–water partition coefficient (Wildman–Crippen LogP) is -8.01. The fraction of sp³-hybridized carbons (Fsp3) is 0.684. The number of rotatable bonds is 18. The minimum atomic E-state index is -2.29. The summed E-state index contributed by atoms with van der Waals surface area (Å²) in [6.45, 7) is -0.542. The Morgan fingerprint density at radius 2 is 1.06 bits per heavy atom. The lowest BCUT2D eigenvalue weighted by Gasteiger charge is -2.49. The van der Waals surface area contributed by atoms with Gasteiger partial charge in [-0.2, -0.15) is 0 Å². The van der Waals surface area contributed by atoms with Crippen molar-refractivity contribution in [2.45, 2.75) is 137 Å². The first-order valence-electron chi connectivity index (χ1n) is 20.2. The van der Waals surface area contributed by atoms with Gasteiger partial charge in [0.05, 0.1) is 19.8 Å². The van der Waals surface area contributed by atoms with Crippen LogP contribution in [0.5, 0.6) is 0 Å². The van der Waals surface area contributed by atoms with E-state index in [1.807, 2.05) is 0 Å². The normalized spacial score (nSPS) is 39.3. The zero-order chi connectivity index (χ0) is 48.7. The first-order chi connectivity index (χ1) is 31.2. The number of carboxylic acids is 2. The zero-order valence-electron chi connectivity index (χ0n) is 34.9. The van der Waals surface area contributed by atoms with Gasteiger partial charge in [-0.05, 0) is 12.1 Å². The number of aliphatic carboxylic acids is 2. The van der Waals surface area contributed by atoms with Gasteiger partial charge in [0.2, 0.25) is 11.8 Å². The van der Waals surface area contributed by atoms with Crippen molar-refractivity contribution in [3.8, 4) is 0 Å². The molecule has 370 valence electrons. The molecular formula is C38H53N3O25. The summed E-state index contributed by atoms with van der Waals surface area (Å²) in [4.78, 5) is 72.5. The third-order valence-electron chi connectivity index (χ3n) is 10.9. The average molecular weight is 952 g/mol. The van der Waals surface area contributed by atoms with Crippen molar-refractivity contribution in [2.75, 3.05) is 26.4 Å². The number of aliphatic hydroxyl groups excluding tert-OH is 9. The molecule has 0 bridgehead atoms. The number of aliphatic hydroxyl groups is 9. The van der Waals surface area contributed by atoms with Crippen LogP contribution in [-0.4, -0.2) is 241 Å². The molecule has 4 fully saturated rings. The smallest absolute Gasteiger partial charge is 0.335 e. The second kappa shape index (κ2) is 23.0. The Morgan fingerprint density at radius 3 is 1.55 bits per heavy atom. The van der Waals surface area contributed by atoms with E-state index in [2.05, 4.69) is 16.0 Å². The van der Waals surface area contributed by atoms with Crippen LogP contribution in [0.15, 0.2) is 24.3 Å². The number of hydrogen-bond donors (Lipinski definition) is 14. The van der Waals surface area contributed by atoms with Gasteiger partial charge in [0, 0.05) is 31.5 Å². The molecule has 0 saturated carbocycles. The molecule has 1 aromatic carbocycles. The van der Waals surface area contributed by atoms with Gasteiger partial charge >= 0.3 is 11.9 Å². The van der Waals surface area contributed by atoms with Gasteiger partial charge in [-0.15, -0.1) is 0 Å². The van der Waals surface area contributed by atoms with Gasteiger partial charge in [-0.1, -0.05) is 12.1 Å². The van der Waals surface area contributed by atoms with Crippen molar-refractivity contribution < 1.29 is 123 Å². The molecule has 4 heterocycles. The lowest BCUT2D eigenvalue weighted by Crippen LogP contribution is -2.70. The maximum atomic E-state index is 12.5. The van der Waals surface area contributed by atoms with Crippen LogP contribution in [0.25, 0.3) is 0 Å². The van der Waals surface area contributed by atoms with E-state index in [0.717, 1.165) is 13.8 Å². The summed E-state index contributed by atoms with van der Waals surface area (Å²) in [5.41, 5.74) is 0.532. The van der Waals surface area contributed by atoms with E-state index in [9.17, 15) is 84.9 Å². The molecule has 0 radical (unpaired) electrons. The Bertz CT molecular complexity index is 1840. The lowest BCUT2D eigenvalue weighted by molar-refractivity contribution is -0.371. The molecule has 4 saturated heterocycles. The standard InChI is InChI=1S/C38H53N3O25/c1-12(45)40-18-21(48)20(47)16(10-43)60-35(18)63-29-24(51)26(53)38(66-31(29)34(57)58)62-27-17(11-44)61-36(19(22(27)49)41-13(2)46)64-28-23(50)25(52)37(65-30(28)33(55)56)59-8-7-39-32(54)15-5-3-14(9-42)4-6-15/h3-6,9,16-31,35-38,43-44,47-53H,7-8,10-11H2,1-2H3,(H,39,54)(H,40,45)(H,41,46)(H,55,56)(H,57,58). The molecule has 20 unspecified atom stereocenters. The van der Waals surface area contributed by atoms with E-state index in [0.29, 0.717) is 11.8 Å². The number of aldehydes is 1. The highest BCUT2D eigenvalue weighted by molar-refractivity contribution is 5.94. The van der Waals surface area contributed by atoms with Crippen molar-refractivity contribution in [3.63, 3.8) is 0 Å². The van der Waals surface area contributed by atoms with E-state index in [4.69, 9.17) is 37.9 Å². The maximum absolute atomic E-state index is 12.5. The molecule has 20 atom stereocenters. The van der Waals surface area contributed by atoms with Crippen LogP contribution in [0.1, 0.15) is 34.6 Å². The minimum absolute atomic E-state index is 0.196. The minimum Gasteiger partial charge on any atom is -0.479 e. The molecule has 66 heavy (non-hydrogen) atoms. The number of hydrogen-bond acceptors (Lipinski definition) is 23. The Balaban J connectivity index is 1.27. The summed E-state index contributed by atoms with van der Waals surface area (Å²) >= 11 is 0. The highest BCUT2D eigenvalue weighted by atomic mass is 16.8. The number of carbonyl (C=O) groups is 6. The highest BCUT2D eigenvalue weighted by Crippen LogP contribution is 2.35. The average Bonchev–Trinajstić information content (AvgIpc) is 3.27. The first-order valence-corrected chi connectivity index (χ1v) is 20.2. The monoisotopic (exact) mass is 951 g/mol. The van der Waals surface area contributed by atoms with Crippen LogP contribution in [0.3, 0.4) is 0 Å². The molecule has 5 rings (SSSR count). The topological polar surface area (TPSA) is 435 Å². The largest absolute Gasteiger partial charge is 0.479 e. The summed E-state index contributed by atoms with van der Waals surface area (Å²) in [5, 5.41) is 124. The van der Waals surface area contributed by atoms with Crippen molar-refractivity contribution >= 4 is 35.9 Å². The molecule has 4 aliphatic heterocycles. The van der Waals surface area contributed by atoms with Crippen LogP contribution in [0.4, 0.5) is 0 Å². The number of carboxylic acid groups (broad SMARTS) is 2. The number of benzene rings is 1. The fourth-order valence-corrected chi connectivity index (χ4v) is 7.57. The van der Waals surface area contributed by atoms with Crippen LogP contribution >= 0.6 is 0 Å². The van der Waals surface area contributed by atoms with E-state index < -0.39 is 166 Å². The summed E-state index contributed by atoms with van der Waals surface area (Å²) < 4.78 is 44.5. The number of ether oxygens (including phenoxy) is 8. The van der Waals surface area contributed by atoms with E-state index >= 15 is 0 Å². The molecule has 4 aliphatic rings. The Labute approximate surface area is 372 Å².